The maximum atomic E-state index is 12.2. The van der Waals surface area contributed by atoms with Gasteiger partial charge in [-0.1, -0.05) is 11.2 Å². The molecule has 0 bridgehead atoms. The highest BCUT2D eigenvalue weighted by molar-refractivity contribution is 7.10. The minimum atomic E-state index is -0.714. The molecule has 0 spiro atoms. The number of ether oxygens (including phenoxy) is 1. The molecule has 0 saturated heterocycles. The molecule has 1 amide bonds. The van der Waals surface area contributed by atoms with Crippen molar-refractivity contribution in [1.82, 2.24) is 15.5 Å². The Morgan fingerprint density at radius 3 is 2.82 bits per heavy atom. The number of aromatic nitrogens is 2. The summed E-state index contributed by atoms with van der Waals surface area (Å²) in [6.07, 6.45) is 0.842. The van der Waals surface area contributed by atoms with Crippen molar-refractivity contribution in [2.24, 2.45) is 0 Å². The monoisotopic (exact) mass is 321 g/mol. The third-order valence-corrected chi connectivity index (χ3v) is 3.35. The fourth-order valence-electron chi connectivity index (χ4n) is 1.60. The van der Waals surface area contributed by atoms with Gasteiger partial charge in [-0.2, -0.15) is 4.98 Å². The van der Waals surface area contributed by atoms with E-state index in [-0.39, 0.29) is 17.5 Å². The zero-order valence-corrected chi connectivity index (χ0v) is 13.1. The van der Waals surface area contributed by atoms with E-state index in [1.54, 1.807) is 19.9 Å². The van der Waals surface area contributed by atoms with Crippen molar-refractivity contribution in [3.8, 4) is 0 Å². The van der Waals surface area contributed by atoms with E-state index in [0.29, 0.717) is 5.82 Å². The van der Waals surface area contributed by atoms with Gasteiger partial charge in [0.15, 0.2) is 11.9 Å². The summed E-state index contributed by atoms with van der Waals surface area (Å²) in [5, 5.41) is 7.97. The smallest absolute Gasteiger partial charge is 0.355 e. The van der Waals surface area contributed by atoms with Crippen LogP contribution in [-0.4, -0.2) is 22.0 Å². The molecule has 7 nitrogen and oxygen atoms in total. The highest BCUT2D eigenvalue weighted by Crippen LogP contribution is 2.18. The zero-order valence-electron chi connectivity index (χ0n) is 12.3. The average Bonchev–Trinajstić information content (AvgIpc) is 3.08. The normalized spacial score (nSPS) is 12.8. The lowest BCUT2D eigenvalue weighted by atomic mass is 10.3. The van der Waals surface area contributed by atoms with E-state index in [0.717, 1.165) is 4.88 Å². The van der Waals surface area contributed by atoms with Gasteiger partial charge in [-0.3, -0.25) is 4.79 Å². The van der Waals surface area contributed by atoms with Crippen molar-refractivity contribution >= 4 is 29.3 Å². The Hall–Kier alpha value is -2.48. The lowest BCUT2D eigenvalue weighted by molar-refractivity contribution is -0.146. The van der Waals surface area contributed by atoms with E-state index < -0.39 is 12.1 Å². The Bertz CT molecular complexity index is 691. The van der Waals surface area contributed by atoms with E-state index >= 15 is 0 Å². The molecular weight excluding hydrogens is 306 g/mol. The van der Waals surface area contributed by atoms with Crippen LogP contribution in [0.3, 0.4) is 0 Å². The number of esters is 1. The highest BCUT2D eigenvalue weighted by atomic mass is 32.1. The summed E-state index contributed by atoms with van der Waals surface area (Å²) in [4.78, 5) is 28.3. The van der Waals surface area contributed by atoms with Crippen LogP contribution in [0.25, 0.3) is 6.08 Å². The molecule has 0 radical (unpaired) electrons. The molecule has 1 unspecified atom stereocenters. The van der Waals surface area contributed by atoms with E-state index in [2.05, 4.69) is 15.5 Å². The van der Waals surface area contributed by atoms with Crippen molar-refractivity contribution in [1.29, 1.82) is 0 Å². The van der Waals surface area contributed by atoms with E-state index in [1.165, 1.54) is 18.3 Å². The van der Waals surface area contributed by atoms with E-state index in [1.807, 2.05) is 17.5 Å². The standard InChI is InChI=1S/C14H15N3O4S/c1-8(13-15-9(2)17-21-13)20-14(19)12(16-10(3)18)7-11-5-4-6-22-11/h4-8H,1-3H3,(H,16,18). The van der Waals surface area contributed by atoms with Crippen molar-refractivity contribution in [2.45, 2.75) is 26.9 Å². The molecular formula is C14H15N3O4S. The Morgan fingerprint density at radius 2 is 2.27 bits per heavy atom. The van der Waals surface area contributed by atoms with E-state index in [9.17, 15) is 9.59 Å². The average molecular weight is 321 g/mol. The number of nitrogens with one attached hydrogen (secondary N) is 1. The Kier molecular flexibility index (Phi) is 5.05. The van der Waals surface area contributed by atoms with Crippen LogP contribution >= 0.6 is 11.3 Å². The quantitative estimate of drug-likeness (QED) is 0.670. The molecule has 8 heteroatoms. The Labute approximate surface area is 131 Å². The summed E-state index contributed by atoms with van der Waals surface area (Å²) in [7, 11) is 0. The lowest BCUT2D eigenvalue weighted by Crippen LogP contribution is -2.26. The van der Waals surface area contributed by atoms with Gasteiger partial charge in [0.1, 0.15) is 5.70 Å². The number of carbonyl (C=O) groups is 2. The third-order valence-electron chi connectivity index (χ3n) is 2.54. The van der Waals surface area contributed by atoms with Gasteiger partial charge in [0.2, 0.25) is 5.91 Å². The molecule has 2 aromatic rings. The maximum absolute atomic E-state index is 12.2. The minimum Gasteiger partial charge on any atom is -0.448 e. The second-order valence-electron chi connectivity index (χ2n) is 4.48. The zero-order chi connectivity index (χ0) is 16.1. The largest absolute Gasteiger partial charge is 0.448 e. The number of hydrogen-bond donors (Lipinski definition) is 1. The first-order valence-corrected chi connectivity index (χ1v) is 7.37. The highest BCUT2D eigenvalue weighted by Gasteiger charge is 2.21. The van der Waals surface area contributed by atoms with Crippen LogP contribution < -0.4 is 5.32 Å². The molecule has 0 aliphatic rings. The van der Waals surface area contributed by atoms with Crippen LogP contribution in [0.1, 0.15) is 36.5 Å². The summed E-state index contributed by atoms with van der Waals surface area (Å²) in [5.41, 5.74) is 0.0537. The molecule has 2 aromatic heterocycles. The van der Waals surface area contributed by atoms with Gasteiger partial charge in [-0.05, 0) is 31.4 Å². The SMILES string of the molecule is CC(=O)NC(=Cc1cccs1)C(=O)OC(C)c1nc(C)no1. The van der Waals surface area contributed by atoms with Crippen molar-refractivity contribution in [2.75, 3.05) is 0 Å². The van der Waals surface area contributed by atoms with Crippen molar-refractivity contribution in [3.63, 3.8) is 0 Å². The fraction of sp³-hybridized carbons (Fsp3) is 0.286. The molecule has 0 fully saturated rings. The van der Waals surface area contributed by atoms with Crippen molar-refractivity contribution < 1.29 is 18.8 Å². The number of aryl methyl sites for hydroxylation is 1. The molecule has 2 rings (SSSR count). The molecule has 22 heavy (non-hydrogen) atoms. The predicted octanol–water partition coefficient (Wildman–Crippen LogP) is 2.22. The van der Waals surface area contributed by atoms with Crippen LogP contribution in [0.4, 0.5) is 0 Å². The molecule has 0 aromatic carbocycles. The van der Waals surface area contributed by atoms with Crippen LogP contribution in [-0.2, 0) is 14.3 Å². The molecule has 1 atom stereocenters. The lowest BCUT2D eigenvalue weighted by Gasteiger charge is -2.11. The summed E-state index contributed by atoms with van der Waals surface area (Å²) in [6.45, 7) is 4.60. The van der Waals surface area contributed by atoms with Gasteiger partial charge < -0.3 is 14.6 Å². The van der Waals surface area contributed by atoms with Gasteiger partial charge >= 0.3 is 5.97 Å². The fourth-order valence-corrected chi connectivity index (χ4v) is 2.26. The first-order chi connectivity index (χ1) is 10.5. The van der Waals surface area contributed by atoms with Gasteiger partial charge in [0.05, 0.1) is 0 Å². The van der Waals surface area contributed by atoms with Crippen molar-refractivity contribution in [3.05, 3.63) is 39.8 Å². The van der Waals surface area contributed by atoms with Crippen LogP contribution in [0.5, 0.6) is 0 Å². The Morgan fingerprint density at radius 1 is 1.50 bits per heavy atom. The third kappa shape index (κ3) is 4.26. The van der Waals surface area contributed by atoms with Gasteiger partial charge in [-0.25, -0.2) is 4.79 Å². The van der Waals surface area contributed by atoms with Crippen LogP contribution in [0, 0.1) is 6.92 Å². The second kappa shape index (κ2) is 6.99. The van der Waals surface area contributed by atoms with Gasteiger partial charge in [-0.15, -0.1) is 11.3 Å². The molecule has 116 valence electrons. The van der Waals surface area contributed by atoms with E-state index in [4.69, 9.17) is 9.26 Å². The first-order valence-electron chi connectivity index (χ1n) is 6.49. The summed E-state index contributed by atoms with van der Waals surface area (Å²) >= 11 is 1.44. The summed E-state index contributed by atoms with van der Waals surface area (Å²) < 4.78 is 10.2. The van der Waals surface area contributed by atoms with Crippen LogP contribution in [0.2, 0.25) is 0 Å². The van der Waals surface area contributed by atoms with Gasteiger partial charge in [0.25, 0.3) is 5.89 Å². The minimum absolute atomic E-state index is 0.0537. The molecule has 0 saturated carbocycles. The molecule has 0 aliphatic heterocycles. The number of carbonyl (C=O) groups excluding carboxylic acids is 2. The predicted molar refractivity (Wildman–Crippen MR) is 79.7 cm³/mol. The number of nitrogens with zero attached hydrogens (tertiary/aromatic N) is 2. The van der Waals surface area contributed by atoms with Gasteiger partial charge in [0, 0.05) is 11.8 Å². The summed E-state index contributed by atoms with van der Waals surface area (Å²) in [5.74, 6) is -0.383. The number of hydrogen-bond acceptors (Lipinski definition) is 7. The Balaban J connectivity index is 2.13. The second-order valence-corrected chi connectivity index (χ2v) is 5.46. The number of thiophene rings is 1. The summed E-state index contributed by atoms with van der Waals surface area (Å²) in [6, 6.07) is 3.67. The maximum Gasteiger partial charge on any atom is 0.355 e. The first kappa shape index (κ1) is 15.9. The molecule has 1 N–H and O–H groups in total. The molecule has 2 heterocycles. The topological polar surface area (TPSA) is 94.3 Å². The number of amides is 1. The molecule has 0 aliphatic carbocycles. The van der Waals surface area contributed by atoms with Crippen LogP contribution in [0.15, 0.2) is 27.7 Å². The number of rotatable bonds is 5.